The molecule has 1 aliphatic carbocycles. The second-order valence-electron chi connectivity index (χ2n) is 3.46. The van der Waals surface area contributed by atoms with E-state index in [0.29, 0.717) is 12.8 Å². The highest BCUT2D eigenvalue weighted by atomic mass is 16.3. The molecule has 0 radical (unpaired) electrons. The molecule has 0 bridgehead atoms. The lowest BCUT2D eigenvalue weighted by Crippen LogP contribution is -2.16. The number of aliphatic hydroxyl groups is 1. The van der Waals surface area contributed by atoms with E-state index in [-0.39, 0.29) is 11.7 Å². The van der Waals surface area contributed by atoms with Crippen molar-refractivity contribution in [2.24, 2.45) is 0 Å². The van der Waals surface area contributed by atoms with Crippen LogP contribution in [0.2, 0.25) is 0 Å². The summed E-state index contributed by atoms with van der Waals surface area (Å²) in [5.41, 5.74) is 0.942. The summed E-state index contributed by atoms with van der Waals surface area (Å²) in [5.74, 6) is -0.111. The van der Waals surface area contributed by atoms with Gasteiger partial charge in [0.1, 0.15) is 5.78 Å². The minimum Gasteiger partial charge on any atom is -0.392 e. The molecule has 1 saturated carbocycles. The molecule has 1 fully saturated rings. The van der Waals surface area contributed by atoms with Gasteiger partial charge in [0, 0.05) is 6.42 Å². The van der Waals surface area contributed by atoms with E-state index < -0.39 is 6.10 Å². The van der Waals surface area contributed by atoms with Crippen LogP contribution >= 0.6 is 0 Å². The number of Topliss-reactive ketones (excluding diaryl/α,β-unsaturated/α-hetero) is 1. The van der Waals surface area contributed by atoms with E-state index in [0.717, 1.165) is 5.56 Å². The van der Waals surface area contributed by atoms with Crippen molar-refractivity contribution in [1.82, 2.24) is 0 Å². The number of carbonyl (C=O) groups is 1. The molecule has 0 aromatic heterocycles. The van der Waals surface area contributed by atoms with Gasteiger partial charge < -0.3 is 5.11 Å². The molecule has 2 nitrogen and oxygen atoms in total. The van der Waals surface area contributed by atoms with E-state index in [2.05, 4.69) is 0 Å². The van der Waals surface area contributed by atoms with Crippen molar-refractivity contribution in [3.63, 3.8) is 0 Å². The van der Waals surface area contributed by atoms with Gasteiger partial charge in [0.25, 0.3) is 0 Å². The largest absolute Gasteiger partial charge is 0.392 e. The van der Waals surface area contributed by atoms with Gasteiger partial charge in [0.05, 0.1) is 12.0 Å². The predicted octanol–water partition coefficient (Wildman–Crippen LogP) is 1.49. The molecule has 1 N–H and O–H groups in total. The molecule has 13 heavy (non-hydrogen) atoms. The van der Waals surface area contributed by atoms with Crippen LogP contribution in [0.4, 0.5) is 0 Å². The van der Waals surface area contributed by atoms with Crippen molar-refractivity contribution < 1.29 is 9.90 Å². The summed E-state index contributed by atoms with van der Waals surface area (Å²) in [6.07, 6.45) is 0.647. The number of hydrogen-bond acceptors (Lipinski definition) is 2. The van der Waals surface area contributed by atoms with Gasteiger partial charge in [-0.3, -0.25) is 4.79 Å². The summed E-state index contributed by atoms with van der Waals surface area (Å²) in [5, 5.41) is 9.59. The van der Waals surface area contributed by atoms with Crippen LogP contribution < -0.4 is 0 Å². The Morgan fingerprint density at radius 2 is 1.92 bits per heavy atom. The molecule has 1 aliphatic rings. The summed E-state index contributed by atoms with van der Waals surface area (Å²) in [7, 11) is 0. The first-order valence-corrected chi connectivity index (χ1v) is 4.55. The first-order chi connectivity index (χ1) is 6.29. The lowest BCUT2D eigenvalue weighted by molar-refractivity contribution is -0.119. The molecule has 2 heteroatoms. The lowest BCUT2D eigenvalue weighted by atomic mass is 9.95. The number of carbonyl (C=O) groups excluding carboxylic acids is 1. The fourth-order valence-corrected chi connectivity index (χ4v) is 1.90. The third-order valence-corrected chi connectivity index (χ3v) is 2.58. The minimum atomic E-state index is -0.477. The van der Waals surface area contributed by atoms with E-state index >= 15 is 0 Å². The van der Waals surface area contributed by atoms with Gasteiger partial charge in [-0.15, -0.1) is 0 Å². The lowest BCUT2D eigenvalue weighted by Gasteiger charge is -2.12. The molecular weight excluding hydrogens is 164 g/mol. The highest BCUT2D eigenvalue weighted by Crippen LogP contribution is 2.31. The van der Waals surface area contributed by atoms with Crippen LogP contribution in [0.1, 0.15) is 24.3 Å². The Hall–Kier alpha value is -1.15. The maximum absolute atomic E-state index is 11.4. The van der Waals surface area contributed by atoms with Gasteiger partial charge in [-0.05, 0) is 12.0 Å². The monoisotopic (exact) mass is 176 g/mol. The molecule has 68 valence electrons. The molecule has 1 aromatic rings. The zero-order chi connectivity index (χ0) is 9.26. The van der Waals surface area contributed by atoms with Gasteiger partial charge in [0.15, 0.2) is 0 Å². The average Bonchev–Trinajstić information content (AvgIpc) is 2.48. The molecule has 1 aromatic carbocycles. The maximum atomic E-state index is 11.4. The van der Waals surface area contributed by atoms with Gasteiger partial charge in [-0.2, -0.15) is 0 Å². The second kappa shape index (κ2) is 3.30. The number of ketones is 1. The van der Waals surface area contributed by atoms with Crippen LogP contribution in [0.3, 0.4) is 0 Å². The zero-order valence-electron chi connectivity index (χ0n) is 7.31. The first kappa shape index (κ1) is 8.45. The number of benzene rings is 1. The molecule has 0 unspecified atom stereocenters. The van der Waals surface area contributed by atoms with Crippen molar-refractivity contribution >= 4 is 5.78 Å². The van der Waals surface area contributed by atoms with Crippen molar-refractivity contribution in [3.8, 4) is 0 Å². The molecule has 0 heterocycles. The van der Waals surface area contributed by atoms with Gasteiger partial charge >= 0.3 is 0 Å². The van der Waals surface area contributed by atoms with Crippen LogP contribution in [0, 0.1) is 0 Å². The molecule has 0 amide bonds. The van der Waals surface area contributed by atoms with E-state index in [1.54, 1.807) is 0 Å². The summed E-state index contributed by atoms with van der Waals surface area (Å²) in [6.45, 7) is 0. The van der Waals surface area contributed by atoms with E-state index in [1.165, 1.54) is 0 Å². The summed E-state index contributed by atoms with van der Waals surface area (Å²) in [4.78, 5) is 11.4. The third kappa shape index (κ3) is 1.49. The smallest absolute Gasteiger partial charge is 0.143 e. The van der Waals surface area contributed by atoms with Gasteiger partial charge in [0.2, 0.25) is 0 Å². The molecule has 2 rings (SSSR count). The fraction of sp³-hybridized carbons (Fsp3) is 0.364. The molecule has 0 spiro atoms. The Morgan fingerprint density at radius 1 is 1.23 bits per heavy atom. The molecule has 2 atom stereocenters. The fourth-order valence-electron chi connectivity index (χ4n) is 1.90. The van der Waals surface area contributed by atoms with Crippen LogP contribution in [0.25, 0.3) is 0 Å². The Morgan fingerprint density at radius 3 is 2.46 bits per heavy atom. The standard InChI is InChI=1S/C11H12O2/c12-9-6-7-10(13)11(9)8-4-2-1-3-5-8/h1-5,9,11-12H,6-7H2/t9-,11+/m1/s1. The SMILES string of the molecule is O=C1CC[C@@H](O)[C@@H]1c1ccccc1. The summed E-state index contributed by atoms with van der Waals surface area (Å²) < 4.78 is 0. The minimum absolute atomic E-state index is 0.165. The molecular formula is C11H12O2. The first-order valence-electron chi connectivity index (χ1n) is 4.55. The van der Waals surface area contributed by atoms with E-state index in [1.807, 2.05) is 30.3 Å². The normalized spacial score (nSPS) is 27.9. The van der Waals surface area contributed by atoms with E-state index in [9.17, 15) is 9.90 Å². The van der Waals surface area contributed by atoms with Crippen molar-refractivity contribution in [3.05, 3.63) is 35.9 Å². The molecule has 0 aliphatic heterocycles. The predicted molar refractivity (Wildman–Crippen MR) is 49.4 cm³/mol. The van der Waals surface area contributed by atoms with Crippen molar-refractivity contribution in [1.29, 1.82) is 0 Å². The number of rotatable bonds is 1. The zero-order valence-corrected chi connectivity index (χ0v) is 7.31. The molecule has 0 saturated heterocycles. The van der Waals surface area contributed by atoms with Gasteiger partial charge in [-0.1, -0.05) is 30.3 Å². The number of aliphatic hydroxyl groups excluding tert-OH is 1. The van der Waals surface area contributed by atoms with Crippen molar-refractivity contribution in [2.45, 2.75) is 24.9 Å². The quantitative estimate of drug-likeness (QED) is 0.704. The maximum Gasteiger partial charge on any atom is 0.143 e. The van der Waals surface area contributed by atoms with Crippen molar-refractivity contribution in [2.75, 3.05) is 0 Å². The Labute approximate surface area is 77.2 Å². The topological polar surface area (TPSA) is 37.3 Å². The second-order valence-corrected chi connectivity index (χ2v) is 3.46. The Kier molecular flexibility index (Phi) is 2.15. The Bertz CT molecular complexity index is 305. The summed E-state index contributed by atoms with van der Waals surface area (Å²) in [6, 6.07) is 9.50. The highest BCUT2D eigenvalue weighted by Gasteiger charge is 2.33. The van der Waals surface area contributed by atoms with Crippen LogP contribution in [-0.4, -0.2) is 17.0 Å². The van der Waals surface area contributed by atoms with Crippen LogP contribution in [0.5, 0.6) is 0 Å². The summed E-state index contributed by atoms with van der Waals surface area (Å²) >= 11 is 0. The van der Waals surface area contributed by atoms with Gasteiger partial charge in [-0.25, -0.2) is 0 Å². The number of hydrogen-bond donors (Lipinski definition) is 1. The average molecular weight is 176 g/mol. The van der Waals surface area contributed by atoms with E-state index in [4.69, 9.17) is 0 Å². The van der Waals surface area contributed by atoms with Crippen LogP contribution in [0.15, 0.2) is 30.3 Å². The van der Waals surface area contributed by atoms with Crippen LogP contribution in [-0.2, 0) is 4.79 Å². The highest BCUT2D eigenvalue weighted by molar-refractivity contribution is 5.88. The Balaban J connectivity index is 2.30. The third-order valence-electron chi connectivity index (χ3n) is 2.58.